The first kappa shape index (κ1) is 102. The smallest absolute Gasteiger partial charge is 0.419 e. The van der Waals surface area contributed by atoms with E-state index in [1.165, 1.54) is 65.2 Å². The van der Waals surface area contributed by atoms with E-state index in [1.807, 2.05) is 31.2 Å². The fraction of sp³-hybridized carbons (Fsp3) is 0.106. The lowest BCUT2D eigenvalue weighted by molar-refractivity contribution is -0.140. The Balaban J connectivity index is 0.000000131. The van der Waals surface area contributed by atoms with Crippen LogP contribution in [0.4, 0.5) is 166 Å². The molecule has 20 rings (SSSR count). The third-order valence-corrected chi connectivity index (χ3v) is 21.6. The number of aromatic nitrogens is 21. The summed E-state index contributed by atoms with van der Waals surface area (Å²) < 4.78 is 246. The maximum atomic E-state index is 14.5. The number of pyridine rings is 1. The van der Waals surface area contributed by atoms with Gasteiger partial charge in [0.25, 0.3) is 0 Å². The summed E-state index contributed by atoms with van der Waals surface area (Å²) in [6.07, 6.45) is -17.4. The monoisotopic (exact) mass is 2090 g/mol. The molecule has 0 spiro atoms. The summed E-state index contributed by atoms with van der Waals surface area (Å²) in [6.45, 7) is 5.87. The third-order valence-electron chi connectivity index (χ3n) is 20.9. The van der Waals surface area contributed by atoms with E-state index >= 15 is 0 Å². The number of hydrogen-bond acceptors (Lipinski definition) is 27. The minimum atomic E-state index is -4.78. The number of benzene rings is 9. The number of halogens is 21. The molecule has 11 aromatic heterocycles. The summed E-state index contributed by atoms with van der Waals surface area (Å²) in [7, 11) is 0. The van der Waals surface area contributed by atoms with Crippen LogP contribution >= 0.6 is 34.8 Å². The highest BCUT2D eigenvalue weighted by molar-refractivity contribution is 6.32. The van der Waals surface area contributed by atoms with E-state index in [9.17, 15) is 79.0 Å². The lowest BCUT2D eigenvalue weighted by Crippen LogP contribution is -2.11. The number of imidazole rings is 5. The first-order valence-electron chi connectivity index (χ1n) is 42.4. The van der Waals surface area contributed by atoms with Gasteiger partial charge in [0, 0.05) is 73.8 Å². The molecule has 0 unspecified atom stereocenters. The van der Waals surface area contributed by atoms with E-state index in [-0.39, 0.29) is 93.1 Å². The summed E-state index contributed by atoms with van der Waals surface area (Å²) >= 11 is 18.2. The number of fused-ring (bicyclic) bond motifs is 5. The van der Waals surface area contributed by atoms with Gasteiger partial charge in [0.05, 0.1) is 78.1 Å². The Labute approximate surface area is 829 Å². The fourth-order valence-corrected chi connectivity index (χ4v) is 15.2. The van der Waals surface area contributed by atoms with Crippen LogP contribution in [0.15, 0.2) is 225 Å². The van der Waals surface area contributed by atoms with E-state index < -0.39 is 82.7 Å². The van der Waals surface area contributed by atoms with Gasteiger partial charge in [-0.25, -0.2) is 43.1 Å². The number of nitrogens with two attached hydrogens (primary N) is 5. The molecule has 0 atom stereocenters. The van der Waals surface area contributed by atoms with Crippen molar-refractivity contribution in [3.63, 3.8) is 0 Å². The van der Waals surface area contributed by atoms with E-state index in [4.69, 9.17) is 63.5 Å². The summed E-state index contributed by atoms with van der Waals surface area (Å²) in [5, 5.41) is 15.7. The maximum Gasteiger partial charge on any atom is 0.419 e. The first-order chi connectivity index (χ1) is 69.6. The fourth-order valence-electron chi connectivity index (χ4n) is 14.7. The molecule has 147 heavy (non-hydrogen) atoms. The maximum absolute atomic E-state index is 14.5. The van der Waals surface area contributed by atoms with Gasteiger partial charge < -0.3 is 60.0 Å². The molecule has 11 heterocycles. The van der Waals surface area contributed by atoms with Crippen molar-refractivity contribution in [2.75, 3.05) is 55.3 Å². The normalized spacial score (nSPS) is 11.7. The summed E-state index contributed by atoms with van der Waals surface area (Å²) in [5.41, 5.74) is 32.6. The van der Waals surface area contributed by atoms with Crippen LogP contribution in [-0.2, 0) is 24.7 Å². The number of alkyl halides is 14. The molecule has 0 saturated carbocycles. The largest absolute Gasteiger partial charge is 0.435 e. The van der Waals surface area contributed by atoms with E-state index in [0.717, 1.165) is 65.8 Å². The number of ether oxygens (including phenoxy) is 1. The molecule has 0 aliphatic heterocycles. The van der Waals surface area contributed by atoms with Crippen molar-refractivity contribution in [3.05, 3.63) is 314 Å². The highest BCUT2D eigenvalue weighted by Gasteiger charge is 2.37. The van der Waals surface area contributed by atoms with Crippen LogP contribution in [0.3, 0.4) is 0 Å². The Morgan fingerprint density at radius 1 is 0.313 bits per heavy atom. The van der Waals surface area contributed by atoms with Gasteiger partial charge in [-0.05, 0) is 211 Å². The quantitative estimate of drug-likeness (QED) is 0.0379. The second kappa shape index (κ2) is 41.3. The topological polar surface area (TPSA) is 430 Å². The Morgan fingerprint density at radius 2 is 0.660 bits per heavy atom. The second-order valence-corrected chi connectivity index (χ2v) is 32.7. The molecule has 20 aromatic rings. The minimum Gasteiger partial charge on any atom is -0.435 e. The van der Waals surface area contributed by atoms with Crippen LogP contribution in [0.5, 0.6) is 5.75 Å². The Bertz CT molecular complexity index is 8350. The van der Waals surface area contributed by atoms with Crippen LogP contribution in [0.2, 0.25) is 15.1 Å². The SMILES string of the molecule is Cc1nc2cc(Cl)ccc2n1-c1nc(N)cc(Nc2ccc(C(F)(F)F)c(F)c2)n1.Cc1nc2ccc(Cl)cc2n1-c1nc(N)cc(Nc2ccc(C(F)(F)F)c(F)c2)n1.Cc1nc2ccc(Cl)cc2n1-c1nc(N)cc(Nc2ccc(OC(F)F)cc2)n1.Cc1nc2ccccc2n1-c1nc(N)c(F)c(Nc2ccc(C(F)(F)F)cc2)n1.Cc1nc2ncc(F)cc2n1-c1nc(N)cc(Nc2ccc(C(F)(F)F)cc2)n1. The molecule has 9 aromatic carbocycles. The van der Waals surface area contributed by atoms with E-state index in [2.05, 4.69) is 111 Å². The number of nitrogens with zero attached hydrogens (tertiary/aromatic N) is 21. The number of nitrogens with one attached hydrogen (secondary N) is 5. The Hall–Kier alpha value is -17.7. The van der Waals surface area contributed by atoms with Gasteiger partial charge in [-0.1, -0.05) is 46.9 Å². The third kappa shape index (κ3) is 23.8. The number of hydrogen-bond donors (Lipinski definition) is 10. The molecule has 0 saturated heterocycles. The van der Waals surface area contributed by atoms with Crippen LogP contribution < -0.4 is 60.0 Å². The molecule has 752 valence electrons. The molecule has 0 aliphatic rings. The van der Waals surface area contributed by atoms with Crippen molar-refractivity contribution in [1.82, 2.24) is 103 Å². The van der Waals surface area contributed by atoms with Gasteiger partial charge in [0.1, 0.15) is 98.9 Å². The molecule has 32 nitrogen and oxygen atoms in total. The molecule has 0 fully saturated rings. The van der Waals surface area contributed by atoms with Crippen molar-refractivity contribution >= 4 is 177 Å². The number of anilines is 15. The minimum absolute atomic E-state index is 0.0610. The van der Waals surface area contributed by atoms with Gasteiger partial charge in [-0.2, -0.15) is 116 Å². The summed E-state index contributed by atoms with van der Waals surface area (Å²) in [5.74, 6) is 0.452. The molecule has 53 heteroatoms. The van der Waals surface area contributed by atoms with Gasteiger partial charge in [-0.3, -0.25) is 22.8 Å². The molecule has 15 N–H and O–H groups in total. The zero-order valence-electron chi connectivity index (χ0n) is 75.6. The Kier molecular flexibility index (Phi) is 28.7. The van der Waals surface area contributed by atoms with Crippen LogP contribution in [0, 0.1) is 57.9 Å². The van der Waals surface area contributed by atoms with Crippen LogP contribution in [0.1, 0.15) is 51.4 Å². The van der Waals surface area contributed by atoms with Gasteiger partial charge in [0.15, 0.2) is 17.3 Å². The lowest BCUT2D eigenvalue weighted by atomic mass is 10.2. The number of para-hydroxylation sites is 2. The van der Waals surface area contributed by atoms with Crippen molar-refractivity contribution in [2.45, 2.75) is 65.9 Å². The average Bonchev–Trinajstić information content (AvgIpc) is 1.65. The molecule has 0 bridgehead atoms. The Morgan fingerprint density at radius 3 is 1.07 bits per heavy atom. The lowest BCUT2D eigenvalue weighted by Gasteiger charge is -2.12. The highest BCUT2D eigenvalue weighted by atomic mass is 35.5. The molecule has 0 radical (unpaired) electrons. The summed E-state index contributed by atoms with van der Waals surface area (Å²) in [4.78, 5) is 68.5. The molecule has 0 amide bonds. The average molecular weight is 2100 g/mol. The zero-order chi connectivity index (χ0) is 105. The van der Waals surface area contributed by atoms with Gasteiger partial charge in [0.2, 0.25) is 35.6 Å². The summed E-state index contributed by atoms with van der Waals surface area (Å²) in [6, 6.07) is 49.5. The number of aryl methyl sites for hydroxylation is 5. The van der Waals surface area contributed by atoms with Crippen molar-refractivity contribution < 1.29 is 83.8 Å². The highest BCUT2D eigenvalue weighted by Crippen LogP contribution is 2.40. The number of rotatable bonds is 17. The standard InChI is InChI=1S/2C19H13ClF4N6.C19H15ClF2N6O.C19H14F4N6.C18H13F4N7/c1-9-26-14-6-10(20)2-5-15(14)30(9)18-28-16(25)8-17(29-18)27-11-3-4-12(13(21)7-11)19(22,23)24;1-9-26-14-5-2-10(20)6-15(14)30(9)18-28-16(25)8-17(29-18)27-11-3-4-12(13(21)7-11)19(22,23)24;1-10-24-14-7-2-11(20)8-15(14)28(10)19-26-16(23)9-17(27-19)25-12-3-5-13(6-4-12)29-18(21)22;1-10-25-13-4-2-3-5-14(13)29(10)18-27-16(24)15(20)17(28-18)26-12-8-6-11(7-9-12)19(21,22)23;1-9-25-16-13(6-11(19)8-24-16)29(9)17-27-14(23)7-15(28-17)26-12-4-2-10(3-5-12)18(20,21)22/h2*2-8H,1H3,(H3,25,27,28,29);2-9,18H,1H3,(H3,23,25,26,27);2-9H,1H3,(H3,24,26,27,28);2-8H,1H3,(H3,23,26,27,28). The zero-order valence-corrected chi connectivity index (χ0v) is 77.8. The van der Waals surface area contributed by atoms with Gasteiger partial charge >= 0.3 is 31.3 Å². The van der Waals surface area contributed by atoms with Crippen LogP contribution in [-0.4, -0.2) is 109 Å². The van der Waals surface area contributed by atoms with Gasteiger partial charge in [-0.15, -0.1) is 0 Å². The van der Waals surface area contributed by atoms with Crippen LogP contribution in [0.25, 0.3) is 85.0 Å². The number of nitrogen functional groups attached to an aromatic ring is 5. The molecule has 0 aliphatic carbocycles. The predicted molar refractivity (Wildman–Crippen MR) is 517 cm³/mol. The molecular weight excluding hydrogens is 2030 g/mol. The van der Waals surface area contributed by atoms with Crippen molar-refractivity contribution in [3.8, 4) is 35.5 Å². The predicted octanol–water partition coefficient (Wildman–Crippen LogP) is 23.8. The first-order valence-corrected chi connectivity index (χ1v) is 43.5. The van der Waals surface area contributed by atoms with E-state index in [0.29, 0.717) is 124 Å². The van der Waals surface area contributed by atoms with E-state index in [1.54, 1.807) is 119 Å². The molecular formula is C94H68Cl3F18N31O. The second-order valence-electron chi connectivity index (χ2n) is 31.4. The van der Waals surface area contributed by atoms with Crippen molar-refractivity contribution in [1.29, 1.82) is 0 Å². The van der Waals surface area contributed by atoms with Crippen molar-refractivity contribution in [2.24, 2.45) is 0 Å².